The standard InChI is InChI=1S/C16H22N2S/c1-16(2)13-18(10-11-19-16)12-15-7-4-3-6-14(15)8-5-9-17/h3-4,6-7H,9-13,17H2,1-2H3. The van der Waals surface area contributed by atoms with Crippen LogP contribution in [0.25, 0.3) is 0 Å². The van der Waals surface area contributed by atoms with Gasteiger partial charge in [-0.15, -0.1) is 0 Å². The van der Waals surface area contributed by atoms with E-state index in [1.54, 1.807) is 0 Å². The summed E-state index contributed by atoms with van der Waals surface area (Å²) in [6.45, 7) is 8.35. The lowest BCUT2D eigenvalue weighted by molar-refractivity contribution is 0.252. The molecule has 0 amide bonds. The highest BCUT2D eigenvalue weighted by Gasteiger charge is 2.26. The Balaban J connectivity index is 2.10. The average Bonchev–Trinajstić information content (AvgIpc) is 2.36. The molecule has 0 radical (unpaired) electrons. The minimum atomic E-state index is 0.357. The lowest BCUT2D eigenvalue weighted by Crippen LogP contribution is -2.42. The minimum Gasteiger partial charge on any atom is -0.320 e. The molecule has 0 saturated carbocycles. The molecule has 1 saturated heterocycles. The molecule has 0 aromatic heterocycles. The van der Waals surface area contributed by atoms with Crippen LogP contribution in [0, 0.1) is 11.8 Å². The number of rotatable bonds is 2. The van der Waals surface area contributed by atoms with Gasteiger partial charge in [0, 0.05) is 35.7 Å². The maximum absolute atomic E-state index is 5.46. The third kappa shape index (κ3) is 4.28. The zero-order chi connectivity index (χ0) is 13.7. The number of nitrogens with two attached hydrogens (primary N) is 1. The van der Waals surface area contributed by atoms with Crippen molar-refractivity contribution in [2.45, 2.75) is 25.1 Å². The first-order valence-electron chi connectivity index (χ1n) is 6.74. The second-order valence-electron chi connectivity index (χ2n) is 5.48. The van der Waals surface area contributed by atoms with E-state index >= 15 is 0 Å². The smallest absolute Gasteiger partial charge is 0.0555 e. The highest BCUT2D eigenvalue weighted by atomic mass is 32.2. The molecule has 1 heterocycles. The fourth-order valence-electron chi connectivity index (χ4n) is 2.42. The predicted molar refractivity (Wildman–Crippen MR) is 84.2 cm³/mol. The summed E-state index contributed by atoms with van der Waals surface area (Å²) >= 11 is 2.07. The van der Waals surface area contributed by atoms with Crippen LogP contribution >= 0.6 is 11.8 Å². The Kier molecular flexibility index (Phi) is 4.93. The molecule has 1 fully saturated rings. The monoisotopic (exact) mass is 274 g/mol. The summed E-state index contributed by atoms with van der Waals surface area (Å²) in [5.41, 5.74) is 7.89. The van der Waals surface area contributed by atoms with Crippen LogP contribution in [0.2, 0.25) is 0 Å². The van der Waals surface area contributed by atoms with E-state index in [1.165, 1.54) is 11.3 Å². The molecule has 3 heteroatoms. The number of hydrogen-bond donors (Lipinski definition) is 1. The average molecular weight is 274 g/mol. The van der Waals surface area contributed by atoms with E-state index in [4.69, 9.17) is 5.73 Å². The molecule has 1 aromatic carbocycles. The molecule has 1 aliphatic rings. The van der Waals surface area contributed by atoms with Gasteiger partial charge in [-0.2, -0.15) is 11.8 Å². The summed E-state index contributed by atoms with van der Waals surface area (Å²) in [6, 6.07) is 8.39. The molecule has 2 N–H and O–H groups in total. The molecule has 19 heavy (non-hydrogen) atoms. The molecular formula is C16H22N2S. The van der Waals surface area contributed by atoms with E-state index in [2.05, 4.69) is 60.5 Å². The van der Waals surface area contributed by atoms with Crippen molar-refractivity contribution < 1.29 is 0 Å². The zero-order valence-corrected chi connectivity index (χ0v) is 12.6. The van der Waals surface area contributed by atoms with Gasteiger partial charge in [0.25, 0.3) is 0 Å². The number of thioether (sulfide) groups is 1. The van der Waals surface area contributed by atoms with Crippen molar-refractivity contribution in [1.82, 2.24) is 4.90 Å². The summed E-state index contributed by atoms with van der Waals surface area (Å²) in [5.74, 6) is 7.34. The normalized spacial score (nSPS) is 18.7. The third-order valence-electron chi connectivity index (χ3n) is 3.24. The molecular weight excluding hydrogens is 252 g/mol. The fourth-order valence-corrected chi connectivity index (χ4v) is 3.59. The minimum absolute atomic E-state index is 0.357. The lowest BCUT2D eigenvalue weighted by Gasteiger charge is -2.37. The van der Waals surface area contributed by atoms with Crippen molar-refractivity contribution in [1.29, 1.82) is 0 Å². The van der Waals surface area contributed by atoms with Gasteiger partial charge in [-0.05, 0) is 25.5 Å². The maximum Gasteiger partial charge on any atom is 0.0555 e. The van der Waals surface area contributed by atoms with Crippen LogP contribution < -0.4 is 5.73 Å². The van der Waals surface area contributed by atoms with Crippen LogP contribution in [0.4, 0.5) is 0 Å². The van der Waals surface area contributed by atoms with E-state index < -0.39 is 0 Å². The summed E-state index contributed by atoms with van der Waals surface area (Å²) in [5, 5.41) is 0. The zero-order valence-electron chi connectivity index (χ0n) is 11.8. The predicted octanol–water partition coefficient (Wildman–Crippen LogP) is 2.32. The molecule has 0 bridgehead atoms. The number of hydrogen-bond acceptors (Lipinski definition) is 3. The van der Waals surface area contributed by atoms with Crippen LogP contribution in [0.3, 0.4) is 0 Å². The van der Waals surface area contributed by atoms with Gasteiger partial charge >= 0.3 is 0 Å². The largest absolute Gasteiger partial charge is 0.320 e. The Bertz CT molecular complexity index is 485. The van der Waals surface area contributed by atoms with E-state index in [0.29, 0.717) is 11.3 Å². The van der Waals surface area contributed by atoms with E-state index in [9.17, 15) is 0 Å². The first-order valence-corrected chi connectivity index (χ1v) is 7.72. The first kappa shape index (κ1) is 14.5. The van der Waals surface area contributed by atoms with Crippen LogP contribution in [-0.2, 0) is 6.54 Å². The first-order chi connectivity index (χ1) is 9.11. The van der Waals surface area contributed by atoms with Gasteiger partial charge in [0.1, 0.15) is 0 Å². The number of nitrogens with zero attached hydrogens (tertiary/aromatic N) is 1. The van der Waals surface area contributed by atoms with E-state index in [1.807, 2.05) is 6.07 Å². The van der Waals surface area contributed by atoms with Gasteiger partial charge in [-0.3, -0.25) is 4.90 Å². The fraction of sp³-hybridized carbons (Fsp3) is 0.500. The maximum atomic E-state index is 5.46. The molecule has 0 atom stereocenters. The van der Waals surface area contributed by atoms with Gasteiger partial charge in [0.05, 0.1) is 6.54 Å². The highest BCUT2D eigenvalue weighted by Crippen LogP contribution is 2.30. The highest BCUT2D eigenvalue weighted by molar-refractivity contribution is 8.00. The summed E-state index contributed by atoms with van der Waals surface area (Å²) in [6.07, 6.45) is 0. The van der Waals surface area contributed by atoms with Crippen LogP contribution in [0.15, 0.2) is 24.3 Å². The van der Waals surface area contributed by atoms with Crippen LogP contribution in [0.1, 0.15) is 25.0 Å². The lowest BCUT2D eigenvalue weighted by atomic mass is 10.1. The summed E-state index contributed by atoms with van der Waals surface area (Å²) in [7, 11) is 0. The molecule has 0 aliphatic carbocycles. The summed E-state index contributed by atoms with van der Waals surface area (Å²) in [4.78, 5) is 2.53. The van der Waals surface area contributed by atoms with Gasteiger partial charge in [-0.25, -0.2) is 0 Å². The Morgan fingerprint density at radius 3 is 2.89 bits per heavy atom. The molecule has 2 nitrogen and oxygen atoms in total. The van der Waals surface area contributed by atoms with Gasteiger partial charge in [0.2, 0.25) is 0 Å². The Hall–Kier alpha value is -0.950. The van der Waals surface area contributed by atoms with Gasteiger partial charge in [0.15, 0.2) is 0 Å². The molecule has 1 aromatic rings. The topological polar surface area (TPSA) is 29.3 Å². The third-order valence-corrected chi connectivity index (χ3v) is 4.54. The van der Waals surface area contributed by atoms with Gasteiger partial charge in [-0.1, -0.05) is 30.0 Å². The van der Waals surface area contributed by atoms with Crippen molar-refractivity contribution in [3.8, 4) is 11.8 Å². The quantitative estimate of drug-likeness (QED) is 0.839. The Morgan fingerprint density at radius 2 is 2.16 bits per heavy atom. The van der Waals surface area contributed by atoms with E-state index in [0.717, 1.165) is 25.2 Å². The molecule has 0 unspecified atom stereocenters. The molecule has 1 aliphatic heterocycles. The second kappa shape index (κ2) is 6.47. The van der Waals surface area contributed by atoms with Crippen molar-refractivity contribution >= 4 is 11.8 Å². The van der Waals surface area contributed by atoms with Crippen LogP contribution in [-0.4, -0.2) is 35.0 Å². The van der Waals surface area contributed by atoms with Crippen molar-refractivity contribution in [3.05, 3.63) is 35.4 Å². The second-order valence-corrected chi connectivity index (χ2v) is 7.28. The van der Waals surface area contributed by atoms with Gasteiger partial charge < -0.3 is 5.73 Å². The van der Waals surface area contributed by atoms with Crippen LogP contribution in [0.5, 0.6) is 0 Å². The molecule has 0 spiro atoms. The SMILES string of the molecule is CC1(C)CN(Cc2ccccc2C#CCN)CCS1. The molecule has 102 valence electrons. The molecule has 2 rings (SSSR count). The van der Waals surface area contributed by atoms with Crippen molar-refractivity contribution in [2.24, 2.45) is 5.73 Å². The number of benzene rings is 1. The van der Waals surface area contributed by atoms with E-state index in [-0.39, 0.29) is 0 Å². The van der Waals surface area contributed by atoms with Crippen molar-refractivity contribution in [2.75, 3.05) is 25.4 Å². The summed E-state index contributed by atoms with van der Waals surface area (Å²) < 4.78 is 0.357. The Labute approximate surface area is 120 Å². The van der Waals surface area contributed by atoms with Crippen molar-refractivity contribution in [3.63, 3.8) is 0 Å². The Morgan fingerprint density at radius 1 is 1.37 bits per heavy atom.